The summed E-state index contributed by atoms with van der Waals surface area (Å²) in [6, 6.07) is 3.94. The number of benzene rings is 1. The number of hydrogen-bond donors (Lipinski definition) is 1. The minimum absolute atomic E-state index is 0.142. The van der Waals surface area contributed by atoms with E-state index >= 15 is 0 Å². The molecule has 2 aromatic rings. The maximum Gasteiger partial charge on any atom is 0.219 e. The van der Waals surface area contributed by atoms with Crippen molar-refractivity contribution in [3.63, 3.8) is 0 Å². The molecule has 1 heterocycles. The average Bonchev–Trinajstić information content (AvgIpc) is 2.44. The minimum atomic E-state index is -1.07. The summed E-state index contributed by atoms with van der Waals surface area (Å²) in [5.41, 5.74) is 0.763. The van der Waals surface area contributed by atoms with Crippen LogP contribution < -0.4 is 10.1 Å². The van der Waals surface area contributed by atoms with E-state index in [1.54, 1.807) is 6.07 Å². The van der Waals surface area contributed by atoms with E-state index in [9.17, 15) is 8.78 Å². The topological polar surface area (TPSA) is 34.1 Å². The quantitative estimate of drug-likeness (QED) is 0.768. The zero-order valence-corrected chi connectivity index (χ0v) is 13.4. The Labute approximate surface area is 134 Å². The third kappa shape index (κ3) is 4.12. The normalized spacial score (nSPS) is 10.7. The lowest BCUT2D eigenvalue weighted by atomic mass is 10.2. The highest BCUT2D eigenvalue weighted by Gasteiger charge is 2.13. The van der Waals surface area contributed by atoms with Crippen LogP contribution in [0.2, 0.25) is 5.02 Å². The molecule has 3 nitrogen and oxygen atoms in total. The van der Waals surface area contributed by atoms with E-state index < -0.39 is 11.6 Å². The maximum atomic E-state index is 13.7. The first-order chi connectivity index (χ1) is 10.0. The highest BCUT2D eigenvalue weighted by molar-refractivity contribution is 9.10. The molecule has 0 bridgehead atoms. The Hall–Kier alpha value is -1.24. The Morgan fingerprint density at radius 1 is 1.33 bits per heavy atom. The van der Waals surface area contributed by atoms with Gasteiger partial charge in [-0.2, -0.15) is 4.39 Å². The van der Waals surface area contributed by atoms with Crippen molar-refractivity contribution >= 4 is 27.5 Å². The molecule has 0 saturated heterocycles. The van der Waals surface area contributed by atoms with E-state index in [4.69, 9.17) is 16.3 Å². The van der Waals surface area contributed by atoms with Crippen molar-refractivity contribution in [1.82, 2.24) is 10.3 Å². The van der Waals surface area contributed by atoms with Crippen molar-refractivity contribution < 1.29 is 13.5 Å². The zero-order valence-electron chi connectivity index (χ0n) is 11.1. The van der Waals surface area contributed by atoms with Crippen molar-refractivity contribution in [3.8, 4) is 11.6 Å². The summed E-state index contributed by atoms with van der Waals surface area (Å²) >= 11 is 9.10. The smallest absolute Gasteiger partial charge is 0.219 e. The first-order valence-electron chi connectivity index (χ1n) is 6.18. The highest BCUT2D eigenvalue weighted by Crippen LogP contribution is 2.30. The molecular weight excluding hydrogens is 366 g/mol. The first kappa shape index (κ1) is 16.1. The lowest BCUT2D eigenvalue weighted by Gasteiger charge is -2.10. The summed E-state index contributed by atoms with van der Waals surface area (Å²) in [7, 11) is 0. The summed E-state index contributed by atoms with van der Waals surface area (Å²) in [4.78, 5) is 3.96. The van der Waals surface area contributed by atoms with Crippen LogP contribution in [0.1, 0.15) is 12.5 Å². The fourth-order valence-corrected chi connectivity index (χ4v) is 2.21. The molecule has 1 aromatic heterocycles. The van der Waals surface area contributed by atoms with E-state index in [0.717, 1.165) is 18.2 Å². The fourth-order valence-electron chi connectivity index (χ4n) is 1.63. The van der Waals surface area contributed by atoms with E-state index in [1.807, 2.05) is 6.92 Å². The number of nitrogens with one attached hydrogen (secondary N) is 1. The molecule has 1 N–H and O–H groups in total. The van der Waals surface area contributed by atoms with E-state index in [0.29, 0.717) is 16.0 Å². The molecular formula is C14H12BrClF2N2O. The van der Waals surface area contributed by atoms with Crippen LogP contribution in [0, 0.1) is 11.6 Å². The number of ether oxygens (including phenoxy) is 1. The second-order valence-electron chi connectivity index (χ2n) is 4.20. The van der Waals surface area contributed by atoms with Crippen molar-refractivity contribution in [3.05, 3.63) is 51.1 Å². The minimum Gasteiger partial charge on any atom is -0.436 e. The van der Waals surface area contributed by atoms with Crippen molar-refractivity contribution in [2.45, 2.75) is 13.5 Å². The van der Waals surface area contributed by atoms with E-state index in [-0.39, 0.29) is 11.6 Å². The zero-order chi connectivity index (χ0) is 15.4. The Balaban J connectivity index is 2.27. The van der Waals surface area contributed by atoms with Crippen molar-refractivity contribution in [1.29, 1.82) is 0 Å². The van der Waals surface area contributed by atoms with Gasteiger partial charge < -0.3 is 10.1 Å². The van der Waals surface area contributed by atoms with Crippen LogP contribution in [-0.2, 0) is 6.54 Å². The Bertz CT molecular complexity index is 655. The van der Waals surface area contributed by atoms with Crippen LogP contribution in [0.15, 0.2) is 28.9 Å². The average molecular weight is 378 g/mol. The molecule has 0 spiro atoms. The lowest BCUT2D eigenvalue weighted by Crippen LogP contribution is -2.12. The molecule has 0 aliphatic rings. The van der Waals surface area contributed by atoms with Crippen molar-refractivity contribution in [2.75, 3.05) is 6.54 Å². The second kappa shape index (κ2) is 7.15. The number of hydrogen-bond acceptors (Lipinski definition) is 3. The molecule has 1 aromatic carbocycles. The Kier molecular flexibility index (Phi) is 5.50. The maximum absolute atomic E-state index is 13.7. The van der Waals surface area contributed by atoms with Gasteiger partial charge in [0.15, 0.2) is 11.6 Å². The Morgan fingerprint density at radius 2 is 2.10 bits per heavy atom. The van der Waals surface area contributed by atoms with Gasteiger partial charge in [-0.15, -0.1) is 0 Å². The van der Waals surface area contributed by atoms with Gasteiger partial charge in [0.2, 0.25) is 11.7 Å². The van der Waals surface area contributed by atoms with Gasteiger partial charge in [0.25, 0.3) is 0 Å². The van der Waals surface area contributed by atoms with Gasteiger partial charge in [-0.25, -0.2) is 9.37 Å². The SMILES string of the molecule is CCNCc1cc(Oc2cc(Br)cc(F)c2F)ncc1Cl. The molecule has 0 amide bonds. The van der Waals surface area contributed by atoms with E-state index in [1.165, 1.54) is 12.3 Å². The number of nitrogens with zero attached hydrogens (tertiary/aromatic N) is 1. The molecule has 0 radical (unpaired) electrons. The molecule has 0 aliphatic carbocycles. The number of rotatable bonds is 5. The predicted molar refractivity (Wildman–Crippen MR) is 80.8 cm³/mol. The van der Waals surface area contributed by atoms with Gasteiger partial charge in [0, 0.05) is 23.3 Å². The van der Waals surface area contributed by atoms with Gasteiger partial charge in [0.1, 0.15) is 0 Å². The summed E-state index contributed by atoms with van der Waals surface area (Å²) in [6.45, 7) is 3.27. The molecule has 0 unspecified atom stereocenters. The number of pyridine rings is 1. The summed E-state index contributed by atoms with van der Waals surface area (Å²) in [5, 5.41) is 3.59. The van der Waals surface area contributed by atoms with E-state index in [2.05, 4.69) is 26.2 Å². The van der Waals surface area contributed by atoms with Gasteiger partial charge in [-0.1, -0.05) is 34.5 Å². The van der Waals surface area contributed by atoms with Gasteiger partial charge >= 0.3 is 0 Å². The third-order valence-corrected chi connectivity index (χ3v) is 3.45. The van der Waals surface area contributed by atoms with Crippen LogP contribution >= 0.6 is 27.5 Å². The first-order valence-corrected chi connectivity index (χ1v) is 7.36. The Morgan fingerprint density at radius 3 is 2.81 bits per heavy atom. The van der Waals surface area contributed by atoms with Crippen LogP contribution in [-0.4, -0.2) is 11.5 Å². The van der Waals surface area contributed by atoms with Gasteiger partial charge in [-0.3, -0.25) is 0 Å². The van der Waals surface area contributed by atoms with Gasteiger partial charge in [0.05, 0.1) is 5.02 Å². The lowest BCUT2D eigenvalue weighted by molar-refractivity contribution is 0.404. The summed E-state index contributed by atoms with van der Waals surface area (Å²) in [6.07, 6.45) is 1.41. The molecule has 21 heavy (non-hydrogen) atoms. The highest BCUT2D eigenvalue weighted by atomic mass is 79.9. The molecule has 112 valence electrons. The third-order valence-electron chi connectivity index (χ3n) is 2.65. The number of aromatic nitrogens is 1. The molecule has 0 atom stereocenters. The standard InChI is InChI=1S/C14H12BrClF2N2O/c1-2-19-6-8-3-13(20-7-10(8)16)21-12-5-9(15)4-11(17)14(12)18/h3-5,7,19H,2,6H2,1H3. The predicted octanol–water partition coefficient (Wildman–Crippen LogP) is 4.68. The molecule has 0 saturated carbocycles. The molecule has 0 aliphatic heterocycles. The van der Waals surface area contributed by atoms with Crippen LogP contribution in [0.3, 0.4) is 0 Å². The van der Waals surface area contributed by atoms with Crippen LogP contribution in [0.5, 0.6) is 11.6 Å². The fraction of sp³-hybridized carbons (Fsp3) is 0.214. The number of halogens is 4. The summed E-state index contributed by atoms with van der Waals surface area (Å²) in [5.74, 6) is -2.17. The molecule has 2 rings (SSSR count). The largest absolute Gasteiger partial charge is 0.436 e. The van der Waals surface area contributed by atoms with Gasteiger partial charge in [-0.05, 0) is 24.2 Å². The second-order valence-corrected chi connectivity index (χ2v) is 5.52. The van der Waals surface area contributed by atoms with Crippen molar-refractivity contribution in [2.24, 2.45) is 0 Å². The summed E-state index contributed by atoms with van der Waals surface area (Å²) < 4.78 is 32.7. The molecule has 7 heteroatoms. The molecule has 0 fully saturated rings. The van der Waals surface area contributed by atoms with Crippen LogP contribution in [0.4, 0.5) is 8.78 Å². The monoisotopic (exact) mass is 376 g/mol. The van der Waals surface area contributed by atoms with Crippen LogP contribution in [0.25, 0.3) is 0 Å².